The number of primary amides is 1. The number of nitrogens with zero attached hydrogens (tertiary/aromatic N) is 5. The Morgan fingerprint density at radius 1 is 1.33 bits per heavy atom. The zero-order chi connectivity index (χ0) is 19.1. The third-order valence-electron chi connectivity index (χ3n) is 4.59. The summed E-state index contributed by atoms with van der Waals surface area (Å²) < 4.78 is 6.60. The number of H-pyrrole nitrogens is 1. The number of hydrogen-bond acceptors (Lipinski definition) is 7. The van der Waals surface area contributed by atoms with E-state index in [9.17, 15) is 14.4 Å². The van der Waals surface area contributed by atoms with Crippen molar-refractivity contribution in [2.75, 3.05) is 13.1 Å². The molecule has 0 unspecified atom stereocenters. The molecule has 0 spiro atoms. The highest BCUT2D eigenvalue weighted by Crippen LogP contribution is 2.29. The molecule has 4 N–H and O–H groups in total. The number of nitrogens with two attached hydrogens (primary N) is 1. The van der Waals surface area contributed by atoms with E-state index in [4.69, 9.17) is 15.4 Å². The molecule has 1 aliphatic rings. The van der Waals surface area contributed by atoms with Crippen molar-refractivity contribution in [3.63, 3.8) is 0 Å². The van der Waals surface area contributed by atoms with Crippen LogP contribution < -0.4 is 11.3 Å². The summed E-state index contributed by atoms with van der Waals surface area (Å²) in [6, 6.07) is 1.45. The summed E-state index contributed by atoms with van der Waals surface area (Å²) in [4.78, 5) is 42.3. The first-order valence-corrected chi connectivity index (χ1v) is 8.16. The van der Waals surface area contributed by atoms with E-state index in [1.807, 2.05) is 0 Å². The van der Waals surface area contributed by atoms with Crippen LogP contribution in [0.25, 0.3) is 17.1 Å². The van der Waals surface area contributed by atoms with E-state index in [-0.39, 0.29) is 23.2 Å². The van der Waals surface area contributed by atoms with Gasteiger partial charge in [0.25, 0.3) is 23.2 Å². The fourth-order valence-electron chi connectivity index (χ4n) is 3.26. The van der Waals surface area contributed by atoms with Crippen LogP contribution in [0.4, 0.5) is 4.79 Å². The van der Waals surface area contributed by atoms with Crippen LogP contribution in [0.15, 0.2) is 21.6 Å². The molecule has 3 aromatic rings. The minimum atomic E-state index is -0.951. The number of rotatable bonds is 3. The fraction of sp³-hybridized carbons (Fsp3) is 0.333. The van der Waals surface area contributed by atoms with Gasteiger partial charge in [-0.2, -0.15) is 10.1 Å². The Labute approximate surface area is 150 Å². The van der Waals surface area contributed by atoms with Gasteiger partial charge in [0.1, 0.15) is 11.2 Å². The number of hydrogen-bond donors (Lipinski definition) is 3. The summed E-state index contributed by atoms with van der Waals surface area (Å²) in [5.41, 5.74) is 6.15. The Morgan fingerprint density at radius 3 is 2.70 bits per heavy atom. The third kappa shape index (κ3) is 2.90. The van der Waals surface area contributed by atoms with Gasteiger partial charge in [0.15, 0.2) is 0 Å². The highest BCUT2D eigenvalue weighted by Gasteiger charge is 2.27. The summed E-state index contributed by atoms with van der Waals surface area (Å²) in [5.74, 6) is -1.13. The molecule has 27 heavy (non-hydrogen) atoms. The summed E-state index contributed by atoms with van der Waals surface area (Å²) in [6.07, 6.45) is 1.64. The number of piperidine rings is 1. The van der Waals surface area contributed by atoms with E-state index in [1.54, 1.807) is 4.52 Å². The lowest BCUT2D eigenvalue weighted by molar-refractivity contribution is 0.0987. The van der Waals surface area contributed by atoms with Gasteiger partial charge in [-0.25, -0.2) is 9.31 Å². The molecule has 12 heteroatoms. The van der Waals surface area contributed by atoms with Gasteiger partial charge < -0.3 is 25.2 Å². The molecular weight excluding hydrogens is 358 g/mol. The number of amides is 2. The molecular formula is C15H15N7O5. The van der Waals surface area contributed by atoms with E-state index in [2.05, 4.69) is 20.2 Å². The van der Waals surface area contributed by atoms with E-state index in [0.717, 1.165) is 0 Å². The van der Waals surface area contributed by atoms with Crippen molar-refractivity contribution < 1.29 is 19.2 Å². The lowest BCUT2D eigenvalue weighted by Gasteiger charge is -2.30. The number of fused-ring (bicyclic) bond motifs is 1. The van der Waals surface area contributed by atoms with Crippen LogP contribution in [-0.4, -0.2) is 59.8 Å². The molecule has 1 aliphatic heterocycles. The molecule has 0 saturated carbocycles. The lowest BCUT2D eigenvalue weighted by Crippen LogP contribution is -2.37. The Morgan fingerprint density at radius 2 is 2.07 bits per heavy atom. The number of aromatic nitrogens is 5. The van der Waals surface area contributed by atoms with E-state index in [1.165, 1.54) is 17.2 Å². The average Bonchev–Trinajstić information content (AvgIpc) is 3.27. The van der Waals surface area contributed by atoms with Crippen LogP contribution in [0.2, 0.25) is 0 Å². The Balaban J connectivity index is 1.73. The van der Waals surface area contributed by atoms with Gasteiger partial charge >= 0.3 is 6.09 Å². The van der Waals surface area contributed by atoms with E-state index < -0.39 is 12.0 Å². The number of aromatic amines is 1. The van der Waals surface area contributed by atoms with Crippen LogP contribution in [0, 0.1) is 0 Å². The fourth-order valence-corrected chi connectivity index (χ4v) is 3.26. The summed E-state index contributed by atoms with van der Waals surface area (Å²) in [5, 5.41) is 16.9. The van der Waals surface area contributed by atoms with Crippen LogP contribution in [0.3, 0.4) is 0 Å². The third-order valence-corrected chi connectivity index (χ3v) is 4.59. The minimum absolute atomic E-state index is 0.00676. The average molecular weight is 373 g/mol. The molecule has 0 aliphatic carbocycles. The second-order valence-corrected chi connectivity index (χ2v) is 6.21. The van der Waals surface area contributed by atoms with Gasteiger partial charge in [0, 0.05) is 25.1 Å². The molecule has 0 bridgehead atoms. The first-order chi connectivity index (χ1) is 12.9. The Kier molecular flexibility index (Phi) is 3.86. The maximum absolute atomic E-state index is 12.2. The van der Waals surface area contributed by atoms with Gasteiger partial charge in [0.05, 0.1) is 11.9 Å². The maximum atomic E-state index is 12.2. The van der Waals surface area contributed by atoms with Crippen molar-refractivity contribution in [2.24, 2.45) is 5.73 Å². The molecule has 0 radical (unpaired) electrons. The van der Waals surface area contributed by atoms with Crippen molar-refractivity contribution in [3.8, 4) is 11.5 Å². The van der Waals surface area contributed by atoms with Crippen molar-refractivity contribution in [1.29, 1.82) is 0 Å². The zero-order valence-electron chi connectivity index (χ0n) is 14.0. The van der Waals surface area contributed by atoms with E-state index in [0.29, 0.717) is 42.8 Å². The SMILES string of the molecule is NC(=O)c1noc(-c2cnn3c(C4CCN(C(=O)O)CC4)cc(=O)[nH]c23)n1. The van der Waals surface area contributed by atoms with Gasteiger partial charge in [-0.1, -0.05) is 5.16 Å². The molecule has 1 fully saturated rings. The predicted octanol–water partition coefficient (Wildman–Crippen LogP) is 0.0289. The Hall–Kier alpha value is -3.70. The topological polar surface area (TPSA) is 173 Å². The molecule has 0 aromatic carbocycles. The van der Waals surface area contributed by atoms with Crippen molar-refractivity contribution in [2.45, 2.75) is 18.8 Å². The first-order valence-electron chi connectivity index (χ1n) is 8.16. The highest BCUT2D eigenvalue weighted by molar-refractivity contribution is 5.89. The molecule has 2 amide bonds. The molecule has 3 aromatic heterocycles. The minimum Gasteiger partial charge on any atom is -0.465 e. The molecule has 0 atom stereocenters. The standard InChI is InChI=1S/C15H15N7O5/c16-11(24)12-19-14(27-20-12)8-6-17-22-9(5-10(23)18-13(8)22)7-1-3-21(4-2-7)15(25)26/h5-7H,1-4H2,(H2,16,24)(H,18,23)(H,25,26). The zero-order valence-corrected chi connectivity index (χ0v) is 14.0. The number of likely N-dealkylation sites (tertiary alicyclic amines) is 1. The number of carboxylic acid groups (broad SMARTS) is 1. The van der Waals surface area contributed by atoms with Crippen LogP contribution >= 0.6 is 0 Å². The molecule has 1 saturated heterocycles. The number of carbonyl (C=O) groups excluding carboxylic acids is 1. The number of carbonyl (C=O) groups is 2. The summed E-state index contributed by atoms with van der Waals surface area (Å²) in [6.45, 7) is 0.766. The van der Waals surface area contributed by atoms with Crippen LogP contribution in [-0.2, 0) is 0 Å². The molecule has 12 nitrogen and oxygen atoms in total. The smallest absolute Gasteiger partial charge is 0.407 e. The van der Waals surface area contributed by atoms with Crippen molar-refractivity contribution >= 4 is 17.6 Å². The Bertz CT molecular complexity index is 1090. The van der Waals surface area contributed by atoms with Crippen molar-refractivity contribution in [3.05, 3.63) is 34.1 Å². The van der Waals surface area contributed by atoms with Crippen LogP contribution in [0.5, 0.6) is 0 Å². The molecule has 4 rings (SSSR count). The first kappa shape index (κ1) is 16.8. The van der Waals surface area contributed by atoms with Gasteiger partial charge in [0.2, 0.25) is 0 Å². The molecule has 140 valence electrons. The van der Waals surface area contributed by atoms with Crippen LogP contribution in [0.1, 0.15) is 35.1 Å². The number of nitrogens with one attached hydrogen (secondary N) is 1. The van der Waals surface area contributed by atoms with Gasteiger partial charge in [-0.05, 0) is 12.8 Å². The monoisotopic (exact) mass is 373 g/mol. The largest absolute Gasteiger partial charge is 0.465 e. The van der Waals surface area contributed by atoms with Gasteiger partial charge in [-0.15, -0.1) is 0 Å². The second-order valence-electron chi connectivity index (χ2n) is 6.21. The predicted molar refractivity (Wildman–Crippen MR) is 89.2 cm³/mol. The van der Waals surface area contributed by atoms with Crippen molar-refractivity contribution in [1.82, 2.24) is 29.6 Å². The normalized spacial score (nSPS) is 15.3. The van der Waals surface area contributed by atoms with E-state index >= 15 is 0 Å². The highest BCUT2D eigenvalue weighted by atomic mass is 16.5. The summed E-state index contributed by atoms with van der Waals surface area (Å²) >= 11 is 0. The lowest BCUT2D eigenvalue weighted by atomic mass is 9.93. The molecule has 4 heterocycles. The summed E-state index contributed by atoms with van der Waals surface area (Å²) in [7, 11) is 0. The maximum Gasteiger partial charge on any atom is 0.407 e. The second kappa shape index (κ2) is 6.23. The van der Waals surface area contributed by atoms with Gasteiger partial charge in [-0.3, -0.25) is 9.59 Å². The quantitative estimate of drug-likeness (QED) is 0.576.